The highest BCUT2D eigenvalue weighted by molar-refractivity contribution is 7.11. The van der Waals surface area contributed by atoms with E-state index in [1.54, 1.807) is 0 Å². The van der Waals surface area contributed by atoms with Crippen LogP contribution in [0.5, 0.6) is 0 Å². The van der Waals surface area contributed by atoms with Crippen LogP contribution in [0.15, 0.2) is 18.2 Å². The van der Waals surface area contributed by atoms with E-state index in [2.05, 4.69) is 15.5 Å². The molecule has 102 valence electrons. The second-order valence-electron chi connectivity index (χ2n) is 4.22. The van der Waals surface area contributed by atoms with Crippen LogP contribution < -0.4 is 5.32 Å². The Morgan fingerprint density at radius 2 is 2.11 bits per heavy atom. The monoisotopic (exact) mass is 283 g/mol. The number of benzene rings is 1. The van der Waals surface area contributed by atoms with E-state index < -0.39 is 11.6 Å². The Morgan fingerprint density at radius 1 is 1.32 bits per heavy atom. The number of nitrogens with zero attached hydrogens (tertiary/aromatic N) is 2. The van der Waals surface area contributed by atoms with Crippen LogP contribution in [0.4, 0.5) is 8.78 Å². The minimum Gasteiger partial charge on any atom is -0.303 e. The number of aromatic nitrogens is 2. The van der Waals surface area contributed by atoms with Crippen LogP contribution in [0.2, 0.25) is 0 Å². The molecule has 2 aromatic rings. The van der Waals surface area contributed by atoms with Gasteiger partial charge in [0.05, 0.1) is 6.54 Å². The van der Waals surface area contributed by atoms with Crippen LogP contribution in [0, 0.1) is 18.6 Å². The van der Waals surface area contributed by atoms with E-state index in [9.17, 15) is 8.78 Å². The standard InChI is InChI=1S/C13H15F2N3S/c1-3-12(10-6-9(14)4-5-11(10)15)16-7-13-18-17-8(2)19-13/h4-6,12,16H,3,7H2,1-2H3. The van der Waals surface area contributed by atoms with Gasteiger partial charge in [-0.2, -0.15) is 0 Å². The highest BCUT2D eigenvalue weighted by Crippen LogP contribution is 2.22. The number of aryl methyl sites for hydroxylation is 1. The molecule has 1 N–H and O–H groups in total. The van der Waals surface area contributed by atoms with Crippen molar-refractivity contribution in [3.63, 3.8) is 0 Å². The molecule has 1 heterocycles. The zero-order chi connectivity index (χ0) is 13.8. The molecule has 0 saturated carbocycles. The first-order valence-electron chi connectivity index (χ1n) is 6.07. The molecule has 0 bridgehead atoms. The third-order valence-corrected chi connectivity index (χ3v) is 3.65. The van der Waals surface area contributed by atoms with Crippen molar-refractivity contribution < 1.29 is 8.78 Å². The topological polar surface area (TPSA) is 37.8 Å². The maximum atomic E-state index is 13.7. The van der Waals surface area contributed by atoms with Gasteiger partial charge in [0, 0.05) is 11.6 Å². The molecular weight excluding hydrogens is 268 g/mol. The normalized spacial score (nSPS) is 12.6. The van der Waals surface area contributed by atoms with Gasteiger partial charge in [0.15, 0.2) is 0 Å². The lowest BCUT2D eigenvalue weighted by Crippen LogP contribution is -2.21. The first-order valence-corrected chi connectivity index (χ1v) is 6.89. The van der Waals surface area contributed by atoms with Crippen molar-refractivity contribution in [1.82, 2.24) is 15.5 Å². The summed E-state index contributed by atoms with van der Waals surface area (Å²) in [6.45, 7) is 4.30. The number of hydrogen-bond acceptors (Lipinski definition) is 4. The lowest BCUT2D eigenvalue weighted by molar-refractivity contribution is 0.480. The maximum absolute atomic E-state index is 13.7. The number of nitrogens with one attached hydrogen (secondary N) is 1. The lowest BCUT2D eigenvalue weighted by atomic mass is 10.0. The summed E-state index contributed by atoms with van der Waals surface area (Å²) in [6.07, 6.45) is 0.665. The van der Waals surface area contributed by atoms with E-state index in [0.29, 0.717) is 18.5 Å². The van der Waals surface area contributed by atoms with Gasteiger partial charge in [0.1, 0.15) is 21.6 Å². The largest absolute Gasteiger partial charge is 0.303 e. The number of halogens is 2. The Hall–Kier alpha value is -1.40. The molecule has 2 rings (SSSR count). The van der Waals surface area contributed by atoms with E-state index in [1.165, 1.54) is 17.4 Å². The molecule has 1 atom stereocenters. The summed E-state index contributed by atoms with van der Waals surface area (Å²) < 4.78 is 26.9. The molecule has 1 aromatic carbocycles. The van der Waals surface area contributed by atoms with Crippen molar-refractivity contribution >= 4 is 11.3 Å². The van der Waals surface area contributed by atoms with E-state index in [1.807, 2.05) is 13.8 Å². The average Bonchev–Trinajstić information content (AvgIpc) is 2.80. The molecule has 0 fully saturated rings. The highest BCUT2D eigenvalue weighted by Gasteiger charge is 2.15. The van der Waals surface area contributed by atoms with E-state index in [4.69, 9.17) is 0 Å². The fourth-order valence-electron chi connectivity index (χ4n) is 1.88. The van der Waals surface area contributed by atoms with Crippen molar-refractivity contribution in [2.75, 3.05) is 0 Å². The van der Waals surface area contributed by atoms with Crippen LogP contribution in [-0.2, 0) is 6.54 Å². The molecule has 1 unspecified atom stereocenters. The summed E-state index contributed by atoms with van der Waals surface area (Å²) >= 11 is 1.49. The number of hydrogen-bond donors (Lipinski definition) is 1. The fraction of sp³-hybridized carbons (Fsp3) is 0.385. The Labute approximate surface area is 114 Å². The molecule has 3 nitrogen and oxygen atoms in total. The van der Waals surface area contributed by atoms with Gasteiger partial charge in [-0.25, -0.2) is 8.78 Å². The molecule has 0 aliphatic rings. The Balaban J connectivity index is 2.09. The molecular formula is C13H15F2N3S. The van der Waals surface area contributed by atoms with Gasteiger partial charge in [-0.15, -0.1) is 21.5 Å². The minimum atomic E-state index is -0.427. The van der Waals surface area contributed by atoms with Crippen molar-refractivity contribution in [2.24, 2.45) is 0 Å². The van der Waals surface area contributed by atoms with Gasteiger partial charge >= 0.3 is 0 Å². The Morgan fingerprint density at radius 3 is 2.74 bits per heavy atom. The van der Waals surface area contributed by atoms with Crippen molar-refractivity contribution in [3.05, 3.63) is 45.4 Å². The zero-order valence-electron chi connectivity index (χ0n) is 10.8. The first-order chi connectivity index (χ1) is 9.10. The molecule has 19 heavy (non-hydrogen) atoms. The molecule has 0 spiro atoms. The van der Waals surface area contributed by atoms with Crippen molar-refractivity contribution in [3.8, 4) is 0 Å². The average molecular weight is 283 g/mol. The summed E-state index contributed by atoms with van der Waals surface area (Å²) in [7, 11) is 0. The second kappa shape index (κ2) is 6.16. The SMILES string of the molecule is CCC(NCc1nnc(C)s1)c1cc(F)ccc1F. The van der Waals surface area contributed by atoms with E-state index in [-0.39, 0.29) is 6.04 Å². The smallest absolute Gasteiger partial charge is 0.131 e. The summed E-state index contributed by atoms with van der Waals surface area (Å²) in [5, 5.41) is 12.8. The van der Waals surface area contributed by atoms with Gasteiger partial charge in [0.25, 0.3) is 0 Å². The van der Waals surface area contributed by atoms with Crippen LogP contribution in [0.25, 0.3) is 0 Å². The third kappa shape index (κ3) is 3.54. The Kier molecular flexibility index (Phi) is 4.55. The molecule has 0 aliphatic carbocycles. The summed E-state index contributed by atoms with van der Waals surface area (Å²) in [5.41, 5.74) is 0.351. The van der Waals surface area contributed by atoms with Gasteiger partial charge in [-0.1, -0.05) is 6.92 Å². The number of rotatable bonds is 5. The molecule has 0 amide bonds. The second-order valence-corrected chi connectivity index (χ2v) is 5.49. The summed E-state index contributed by atoms with van der Waals surface area (Å²) in [6, 6.07) is 3.28. The molecule has 1 aromatic heterocycles. The van der Waals surface area contributed by atoms with Gasteiger partial charge in [-0.05, 0) is 31.5 Å². The van der Waals surface area contributed by atoms with Gasteiger partial charge in [0.2, 0.25) is 0 Å². The van der Waals surface area contributed by atoms with Crippen LogP contribution >= 0.6 is 11.3 Å². The molecule has 0 radical (unpaired) electrons. The zero-order valence-corrected chi connectivity index (χ0v) is 11.6. The first kappa shape index (κ1) is 14.0. The fourth-order valence-corrected chi connectivity index (χ4v) is 2.54. The van der Waals surface area contributed by atoms with Crippen LogP contribution in [0.3, 0.4) is 0 Å². The van der Waals surface area contributed by atoms with Crippen LogP contribution in [-0.4, -0.2) is 10.2 Å². The van der Waals surface area contributed by atoms with Crippen LogP contribution in [0.1, 0.15) is 35.0 Å². The van der Waals surface area contributed by atoms with Crippen molar-refractivity contribution in [2.45, 2.75) is 32.9 Å². The van der Waals surface area contributed by atoms with Gasteiger partial charge < -0.3 is 5.32 Å². The maximum Gasteiger partial charge on any atom is 0.131 e. The quantitative estimate of drug-likeness (QED) is 0.914. The molecule has 0 aliphatic heterocycles. The molecule has 0 saturated heterocycles. The van der Waals surface area contributed by atoms with Crippen molar-refractivity contribution in [1.29, 1.82) is 0 Å². The van der Waals surface area contributed by atoms with E-state index in [0.717, 1.165) is 22.1 Å². The summed E-state index contributed by atoms with van der Waals surface area (Å²) in [5.74, 6) is -0.822. The highest BCUT2D eigenvalue weighted by atomic mass is 32.1. The summed E-state index contributed by atoms with van der Waals surface area (Å²) in [4.78, 5) is 0. The minimum absolute atomic E-state index is 0.236. The predicted molar refractivity (Wildman–Crippen MR) is 70.9 cm³/mol. The predicted octanol–water partition coefficient (Wildman–Crippen LogP) is 3.37. The lowest BCUT2D eigenvalue weighted by Gasteiger charge is -2.17. The van der Waals surface area contributed by atoms with E-state index >= 15 is 0 Å². The van der Waals surface area contributed by atoms with Gasteiger partial charge in [-0.3, -0.25) is 0 Å². The molecule has 6 heteroatoms. The third-order valence-electron chi connectivity index (χ3n) is 2.81. The Bertz CT molecular complexity index is 557.